The van der Waals surface area contributed by atoms with Crippen LogP contribution in [0.1, 0.15) is 12.0 Å². The van der Waals surface area contributed by atoms with Gasteiger partial charge < -0.3 is 5.32 Å². The number of pyridine rings is 1. The molecule has 84 valence electrons. The normalized spacial score (nSPS) is 10.8. The van der Waals surface area contributed by atoms with Crippen LogP contribution in [-0.2, 0) is 6.54 Å². The van der Waals surface area contributed by atoms with Gasteiger partial charge in [0.05, 0.1) is 5.52 Å². The van der Waals surface area contributed by atoms with Crippen LogP contribution in [0.5, 0.6) is 0 Å². The highest BCUT2D eigenvalue weighted by atomic mass is 35.5. The Hall–Kier alpha value is -1.12. The molecule has 2 nitrogen and oxygen atoms in total. The molecule has 0 fully saturated rings. The SMILES string of the molecule is ClCCCNCc1ccc2ncccc2c1. The van der Waals surface area contributed by atoms with Gasteiger partial charge in [-0.15, -0.1) is 11.6 Å². The molecule has 0 spiro atoms. The number of benzene rings is 1. The second-order valence-electron chi connectivity index (χ2n) is 3.75. The van der Waals surface area contributed by atoms with E-state index in [4.69, 9.17) is 11.6 Å². The first-order chi connectivity index (χ1) is 7.90. The molecule has 3 heteroatoms. The van der Waals surface area contributed by atoms with Crippen LogP contribution >= 0.6 is 11.6 Å². The lowest BCUT2D eigenvalue weighted by Gasteiger charge is -2.04. The molecule has 0 saturated heterocycles. The number of hydrogen-bond acceptors (Lipinski definition) is 2. The molecule has 0 atom stereocenters. The molecule has 0 aliphatic rings. The highest BCUT2D eigenvalue weighted by Crippen LogP contribution is 2.12. The molecule has 16 heavy (non-hydrogen) atoms. The molecule has 0 unspecified atom stereocenters. The Kier molecular flexibility index (Phi) is 4.14. The summed E-state index contributed by atoms with van der Waals surface area (Å²) in [7, 11) is 0. The van der Waals surface area contributed by atoms with Crippen molar-refractivity contribution in [2.45, 2.75) is 13.0 Å². The van der Waals surface area contributed by atoms with Crippen molar-refractivity contribution >= 4 is 22.5 Å². The average Bonchev–Trinajstić information content (AvgIpc) is 2.34. The molecular formula is C13H15ClN2. The molecule has 0 saturated carbocycles. The number of nitrogens with one attached hydrogen (secondary N) is 1. The van der Waals surface area contributed by atoms with E-state index in [1.165, 1.54) is 10.9 Å². The zero-order chi connectivity index (χ0) is 11.2. The Morgan fingerprint density at radius 3 is 3.06 bits per heavy atom. The van der Waals surface area contributed by atoms with Gasteiger partial charge in [-0.1, -0.05) is 12.1 Å². The summed E-state index contributed by atoms with van der Waals surface area (Å²) >= 11 is 5.61. The van der Waals surface area contributed by atoms with Gasteiger partial charge >= 0.3 is 0 Å². The van der Waals surface area contributed by atoms with Crippen molar-refractivity contribution in [3.05, 3.63) is 42.1 Å². The standard InChI is InChI=1S/C13H15ClN2/c14-6-2-7-15-10-11-4-5-13-12(9-11)3-1-8-16-13/h1,3-5,8-9,15H,2,6-7,10H2. The van der Waals surface area contributed by atoms with E-state index in [9.17, 15) is 0 Å². The van der Waals surface area contributed by atoms with Gasteiger partial charge in [0.25, 0.3) is 0 Å². The Bertz CT molecular complexity index is 456. The van der Waals surface area contributed by atoms with E-state index in [0.29, 0.717) is 5.88 Å². The van der Waals surface area contributed by atoms with E-state index in [-0.39, 0.29) is 0 Å². The van der Waals surface area contributed by atoms with E-state index >= 15 is 0 Å². The summed E-state index contributed by atoms with van der Waals surface area (Å²) in [6, 6.07) is 10.4. The molecular weight excluding hydrogens is 220 g/mol. The first-order valence-corrected chi connectivity index (χ1v) is 6.04. The number of rotatable bonds is 5. The second-order valence-corrected chi connectivity index (χ2v) is 4.13. The van der Waals surface area contributed by atoms with Gasteiger partial charge in [-0.2, -0.15) is 0 Å². The monoisotopic (exact) mass is 234 g/mol. The topological polar surface area (TPSA) is 24.9 Å². The molecule has 0 aliphatic carbocycles. The summed E-state index contributed by atoms with van der Waals surface area (Å²) in [6.45, 7) is 1.86. The fraction of sp³-hybridized carbons (Fsp3) is 0.308. The van der Waals surface area contributed by atoms with Crippen molar-refractivity contribution in [2.75, 3.05) is 12.4 Å². The van der Waals surface area contributed by atoms with Crippen molar-refractivity contribution in [3.63, 3.8) is 0 Å². The summed E-state index contributed by atoms with van der Waals surface area (Å²) in [5, 5.41) is 4.56. The molecule has 1 aromatic heterocycles. The van der Waals surface area contributed by atoms with Crippen molar-refractivity contribution in [1.29, 1.82) is 0 Å². The Balaban J connectivity index is 2.02. The Labute approximate surface area is 101 Å². The predicted octanol–water partition coefficient (Wildman–Crippen LogP) is 2.95. The van der Waals surface area contributed by atoms with Gasteiger partial charge in [0.15, 0.2) is 0 Å². The number of nitrogens with zero attached hydrogens (tertiary/aromatic N) is 1. The van der Waals surface area contributed by atoms with E-state index in [1.807, 2.05) is 12.3 Å². The highest BCUT2D eigenvalue weighted by Gasteiger charge is 1.96. The van der Waals surface area contributed by atoms with Crippen LogP contribution < -0.4 is 5.32 Å². The fourth-order valence-corrected chi connectivity index (χ4v) is 1.79. The molecule has 2 rings (SSSR count). The van der Waals surface area contributed by atoms with Crippen molar-refractivity contribution in [1.82, 2.24) is 10.3 Å². The molecule has 1 heterocycles. The molecule has 0 aliphatic heterocycles. The predicted molar refractivity (Wildman–Crippen MR) is 68.8 cm³/mol. The van der Waals surface area contributed by atoms with Gasteiger partial charge in [-0.3, -0.25) is 4.98 Å². The average molecular weight is 235 g/mol. The van der Waals surface area contributed by atoms with Crippen LogP contribution in [0, 0.1) is 0 Å². The maximum atomic E-state index is 5.61. The number of alkyl halides is 1. The highest BCUT2D eigenvalue weighted by molar-refractivity contribution is 6.17. The lowest BCUT2D eigenvalue weighted by Crippen LogP contribution is -2.14. The Morgan fingerprint density at radius 2 is 2.19 bits per heavy atom. The maximum Gasteiger partial charge on any atom is 0.0702 e. The minimum atomic E-state index is 0.717. The number of fused-ring (bicyclic) bond motifs is 1. The van der Waals surface area contributed by atoms with Crippen molar-refractivity contribution < 1.29 is 0 Å². The number of hydrogen-bond donors (Lipinski definition) is 1. The summed E-state index contributed by atoms with van der Waals surface area (Å²) in [5.74, 6) is 0.717. The van der Waals surface area contributed by atoms with Crippen LogP contribution in [0.25, 0.3) is 10.9 Å². The number of aromatic nitrogens is 1. The van der Waals surface area contributed by atoms with Gasteiger partial charge in [-0.05, 0) is 36.7 Å². The second kappa shape index (κ2) is 5.83. The van der Waals surface area contributed by atoms with Gasteiger partial charge in [0.2, 0.25) is 0 Å². The van der Waals surface area contributed by atoms with Gasteiger partial charge in [0.1, 0.15) is 0 Å². The van der Waals surface area contributed by atoms with E-state index in [0.717, 1.165) is 25.0 Å². The zero-order valence-corrected chi connectivity index (χ0v) is 9.87. The summed E-state index contributed by atoms with van der Waals surface area (Å²) in [6.07, 6.45) is 2.83. The van der Waals surface area contributed by atoms with Gasteiger partial charge in [0, 0.05) is 24.0 Å². The lowest BCUT2D eigenvalue weighted by atomic mass is 10.1. The lowest BCUT2D eigenvalue weighted by molar-refractivity contribution is 0.678. The minimum Gasteiger partial charge on any atom is -0.313 e. The largest absolute Gasteiger partial charge is 0.313 e. The maximum absolute atomic E-state index is 5.61. The molecule has 0 amide bonds. The van der Waals surface area contributed by atoms with E-state index in [1.54, 1.807) is 0 Å². The van der Waals surface area contributed by atoms with E-state index in [2.05, 4.69) is 34.6 Å². The third-order valence-electron chi connectivity index (χ3n) is 2.48. The summed E-state index contributed by atoms with van der Waals surface area (Å²) < 4.78 is 0. The molecule has 2 aromatic rings. The first-order valence-electron chi connectivity index (χ1n) is 5.50. The van der Waals surface area contributed by atoms with Crippen LogP contribution in [0.2, 0.25) is 0 Å². The Morgan fingerprint density at radius 1 is 1.25 bits per heavy atom. The first kappa shape index (κ1) is 11.4. The zero-order valence-electron chi connectivity index (χ0n) is 9.12. The third kappa shape index (κ3) is 2.94. The fourth-order valence-electron chi connectivity index (χ4n) is 1.66. The van der Waals surface area contributed by atoms with E-state index < -0.39 is 0 Å². The molecule has 1 aromatic carbocycles. The molecule has 0 radical (unpaired) electrons. The van der Waals surface area contributed by atoms with Crippen molar-refractivity contribution in [3.8, 4) is 0 Å². The van der Waals surface area contributed by atoms with Crippen LogP contribution in [0.15, 0.2) is 36.5 Å². The van der Waals surface area contributed by atoms with Crippen molar-refractivity contribution in [2.24, 2.45) is 0 Å². The summed E-state index contributed by atoms with van der Waals surface area (Å²) in [5.41, 5.74) is 2.34. The van der Waals surface area contributed by atoms with Crippen LogP contribution in [0.3, 0.4) is 0 Å². The quantitative estimate of drug-likeness (QED) is 0.636. The van der Waals surface area contributed by atoms with Crippen LogP contribution in [0.4, 0.5) is 0 Å². The van der Waals surface area contributed by atoms with Gasteiger partial charge in [-0.25, -0.2) is 0 Å². The molecule has 1 N–H and O–H groups in total. The number of halogens is 1. The third-order valence-corrected chi connectivity index (χ3v) is 2.75. The molecule has 0 bridgehead atoms. The minimum absolute atomic E-state index is 0.717. The smallest absolute Gasteiger partial charge is 0.0702 e. The summed E-state index contributed by atoms with van der Waals surface area (Å²) in [4.78, 5) is 4.29. The van der Waals surface area contributed by atoms with Crippen LogP contribution in [-0.4, -0.2) is 17.4 Å².